The molecule has 0 radical (unpaired) electrons. The standard InChI is InChI=1S/C27H29OP/c1-2-3-4-5-9-16-24(28)23-29(25-17-10-6-11-18-25,26-19-12-7-13-20-26)27-21-14-8-15-22-27/h5-15,17-23H,2-4,16H2,1H3. The van der Waals surface area contributed by atoms with Crippen molar-refractivity contribution in [2.75, 3.05) is 0 Å². The van der Waals surface area contributed by atoms with E-state index in [4.69, 9.17) is 0 Å². The van der Waals surface area contributed by atoms with Crippen molar-refractivity contribution in [2.24, 2.45) is 0 Å². The van der Waals surface area contributed by atoms with Gasteiger partial charge in [0, 0.05) is 6.42 Å². The SMILES string of the molecule is CCCCC=CCC(=O)C=P(c1ccccc1)(c1ccccc1)c1ccccc1. The van der Waals surface area contributed by atoms with E-state index in [9.17, 15) is 4.79 Å². The fourth-order valence-corrected chi connectivity index (χ4v) is 7.37. The Morgan fingerprint density at radius 1 is 0.724 bits per heavy atom. The first-order chi connectivity index (χ1) is 14.3. The number of unbranched alkanes of at least 4 members (excludes halogenated alkanes) is 2. The second-order valence-corrected chi connectivity index (χ2v) is 10.4. The van der Waals surface area contributed by atoms with Gasteiger partial charge in [0.2, 0.25) is 0 Å². The van der Waals surface area contributed by atoms with Crippen LogP contribution < -0.4 is 15.9 Å². The molecule has 0 aliphatic rings. The summed E-state index contributed by atoms with van der Waals surface area (Å²) in [6.07, 6.45) is 8.02. The van der Waals surface area contributed by atoms with E-state index in [-0.39, 0.29) is 5.78 Å². The molecule has 0 atom stereocenters. The summed E-state index contributed by atoms with van der Waals surface area (Å²) in [5.41, 5.74) is 0. The van der Waals surface area contributed by atoms with Gasteiger partial charge in [0.05, 0.1) is 0 Å². The number of ketones is 1. The first-order valence-electron chi connectivity index (χ1n) is 10.4. The normalized spacial score (nSPS) is 11.5. The zero-order valence-corrected chi connectivity index (χ0v) is 18.0. The Hall–Kier alpha value is -2.63. The minimum atomic E-state index is -2.18. The average Bonchev–Trinajstić information content (AvgIpc) is 2.79. The van der Waals surface area contributed by atoms with Crippen molar-refractivity contribution in [1.29, 1.82) is 0 Å². The molecule has 0 aromatic heterocycles. The summed E-state index contributed by atoms with van der Waals surface area (Å²) in [7, 11) is 0. The van der Waals surface area contributed by atoms with Gasteiger partial charge in [0.1, 0.15) is 0 Å². The molecule has 3 rings (SSSR count). The van der Waals surface area contributed by atoms with Crippen LogP contribution in [-0.4, -0.2) is 11.6 Å². The van der Waals surface area contributed by atoms with Crippen LogP contribution >= 0.6 is 6.89 Å². The highest BCUT2D eigenvalue weighted by atomic mass is 31.2. The second kappa shape index (κ2) is 10.8. The molecule has 3 aromatic carbocycles. The zero-order valence-electron chi connectivity index (χ0n) is 17.1. The Morgan fingerprint density at radius 3 is 1.59 bits per heavy atom. The third-order valence-corrected chi connectivity index (χ3v) is 9.05. The van der Waals surface area contributed by atoms with E-state index >= 15 is 0 Å². The van der Waals surface area contributed by atoms with E-state index in [1.165, 1.54) is 28.8 Å². The maximum atomic E-state index is 13.1. The van der Waals surface area contributed by atoms with Gasteiger partial charge in [-0.15, -0.1) is 0 Å². The second-order valence-electron chi connectivity index (χ2n) is 7.14. The summed E-state index contributed by atoms with van der Waals surface area (Å²) in [6.45, 7) is 0.00653. The van der Waals surface area contributed by atoms with Crippen LogP contribution in [0.3, 0.4) is 0 Å². The highest BCUT2D eigenvalue weighted by molar-refractivity contribution is 7.95. The van der Waals surface area contributed by atoms with E-state index in [2.05, 4.69) is 85.8 Å². The number of allylic oxidation sites excluding steroid dienone is 2. The van der Waals surface area contributed by atoms with Crippen LogP contribution in [0.2, 0.25) is 0 Å². The highest BCUT2D eigenvalue weighted by Crippen LogP contribution is 2.43. The molecule has 0 heterocycles. The van der Waals surface area contributed by atoms with E-state index < -0.39 is 6.89 Å². The lowest BCUT2D eigenvalue weighted by atomic mass is 10.2. The maximum absolute atomic E-state index is 13.1. The van der Waals surface area contributed by atoms with Gasteiger partial charge < -0.3 is 0 Å². The molecular formula is C27H29OP. The van der Waals surface area contributed by atoms with Gasteiger partial charge in [-0.3, -0.25) is 4.79 Å². The molecule has 3 aromatic rings. The van der Waals surface area contributed by atoms with E-state index in [0.717, 1.165) is 6.42 Å². The van der Waals surface area contributed by atoms with Crippen molar-refractivity contribution in [3.05, 3.63) is 103 Å². The van der Waals surface area contributed by atoms with Gasteiger partial charge in [0.25, 0.3) is 0 Å². The summed E-state index contributed by atoms with van der Waals surface area (Å²) in [4.78, 5) is 13.1. The predicted molar refractivity (Wildman–Crippen MR) is 130 cm³/mol. The third-order valence-electron chi connectivity index (χ3n) is 5.04. The number of Topliss-reactive ketones (excluding diaryl/α,β-unsaturated/α-hetero) is 1. The molecule has 2 heteroatoms. The van der Waals surface area contributed by atoms with Crippen LogP contribution in [0.25, 0.3) is 0 Å². The molecular weight excluding hydrogens is 371 g/mol. The van der Waals surface area contributed by atoms with Crippen molar-refractivity contribution < 1.29 is 4.79 Å². The number of rotatable bonds is 9. The van der Waals surface area contributed by atoms with Crippen molar-refractivity contribution >= 4 is 34.4 Å². The quantitative estimate of drug-likeness (QED) is 0.264. The highest BCUT2D eigenvalue weighted by Gasteiger charge is 2.25. The fraction of sp³-hybridized carbons (Fsp3) is 0.185. The molecule has 29 heavy (non-hydrogen) atoms. The molecule has 148 valence electrons. The third kappa shape index (κ3) is 5.25. The van der Waals surface area contributed by atoms with E-state index in [1.54, 1.807) is 0 Å². The van der Waals surface area contributed by atoms with Gasteiger partial charge in [-0.1, -0.05) is 123 Å². The van der Waals surface area contributed by atoms with Gasteiger partial charge in [0.15, 0.2) is 5.78 Å². The van der Waals surface area contributed by atoms with Crippen molar-refractivity contribution in [3.63, 3.8) is 0 Å². The number of carbonyl (C=O) groups is 1. The predicted octanol–water partition coefficient (Wildman–Crippen LogP) is 5.49. The molecule has 0 unspecified atom stereocenters. The van der Waals surface area contributed by atoms with Crippen LogP contribution in [0, 0.1) is 0 Å². The maximum Gasteiger partial charge on any atom is 0.160 e. The van der Waals surface area contributed by atoms with E-state index in [1.807, 2.05) is 30.1 Å². The lowest BCUT2D eigenvalue weighted by molar-refractivity contribution is -0.111. The number of hydrogen-bond acceptors (Lipinski definition) is 1. The molecule has 0 saturated carbocycles. The molecule has 0 amide bonds. The lowest BCUT2D eigenvalue weighted by Gasteiger charge is -2.28. The number of hydrogen-bond donors (Lipinski definition) is 0. The van der Waals surface area contributed by atoms with Crippen molar-refractivity contribution in [1.82, 2.24) is 0 Å². The molecule has 1 nitrogen and oxygen atoms in total. The summed E-state index contributed by atoms with van der Waals surface area (Å²) >= 11 is 0. The minimum absolute atomic E-state index is 0.183. The van der Waals surface area contributed by atoms with Gasteiger partial charge in [-0.25, -0.2) is 0 Å². The molecule has 0 spiro atoms. The molecule has 0 fully saturated rings. The Kier molecular flexibility index (Phi) is 7.85. The van der Waals surface area contributed by atoms with Crippen molar-refractivity contribution in [2.45, 2.75) is 32.6 Å². The van der Waals surface area contributed by atoms with Gasteiger partial charge in [-0.2, -0.15) is 0 Å². The first kappa shape index (κ1) is 21.1. The summed E-state index contributed by atoms with van der Waals surface area (Å²) in [5, 5.41) is 3.63. The van der Waals surface area contributed by atoms with Crippen LogP contribution in [0.1, 0.15) is 32.6 Å². The van der Waals surface area contributed by atoms with Crippen LogP contribution in [0.15, 0.2) is 103 Å². The Bertz CT molecular complexity index is 869. The molecule has 0 N–H and O–H groups in total. The molecule has 0 saturated heterocycles. The number of benzene rings is 3. The van der Waals surface area contributed by atoms with Gasteiger partial charge in [-0.05, 0) is 35.0 Å². The smallest absolute Gasteiger partial charge is 0.160 e. The largest absolute Gasteiger partial charge is 0.294 e. The Balaban J connectivity index is 2.15. The minimum Gasteiger partial charge on any atom is -0.294 e. The van der Waals surface area contributed by atoms with Crippen LogP contribution in [0.5, 0.6) is 0 Å². The Labute approximate surface area is 175 Å². The topological polar surface area (TPSA) is 17.1 Å². The van der Waals surface area contributed by atoms with E-state index in [0.29, 0.717) is 6.42 Å². The van der Waals surface area contributed by atoms with Gasteiger partial charge >= 0.3 is 0 Å². The summed E-state index contributed by atoms with van der Waals surface area (Å²) in [5.74, 6) is 2.21. The monoisotopic (exact) mass is 400 g/mol. The molecule has 0 aliphatic carbocycles. The first-order valence-corrected chi connectivity index (χ1v) is 12.2. The fourth-order valence-electron chi connectivity index (χ4n) is 3.57. The van der Waals surface area contributed by atoms with Crippen molar-refractivity contribution in [3.8, 4) is 0 Å². The zero-order chi connectivity index (χ0) is 20.4. The van der Waals surface area contributed by atoms with Crippen LogP contribution in [-0.2, 0) is 4.79 Å². The summed E-state index contributed by atoms with van der Waals surface area (Å²) < 4.78 is 0. The lowest BCUT2D eigenvalue weighted by Crippen LogP contribution is -2.28. The summed E-state index contributed by atoms with van der Waals surface area (Å²) in [6, 6.07) is 31.5. The van der Waals surface area contributed by atoms with Crippen LogP contribution in [0.4, 0.5) is 0 Å². The molecule has 0 bridgehead atoms. The average molecular weight is 401 g/mol. The molecule has 0 aliphatic heterocycles. The Morgan fingerprint density at radius 2 is 1.17 bits per heavy atom. The number of carbonyl (C=O) groups excluding carboxylic acids is 1.